The Kier molecular flexibility index (Phi) is 3.39. The van der Waals surface area contributed by atoms with Crippen molar-refractivity contribution in [3.8, 4) is 6.01 Å². The van der Waals surface area contributed by atoms with Gasteiger partial charge in [-0.25, -0.2) is 0 Å². The average molecular weight is 264 g/mol. The lowest BCUT2D eigenvalue weighted by atomic mass is 10.1. The van der Waals surface area contributed by atoms with Crippen molar-refractivity contribution in [1.82, 2.24) is 14.5 Å². The van der Waals surface area contributed by atoms with Crippen molar-refractivity contribution in [2.75, 3.05) is 7.11 Å². The van der Waals surface area contributed by atoms with Crippen molar-refractivity contribution >= 4 is 17.0 Å². The SMILES string of the molecule is COc1nc(C)c2c(CC(N)C(=O)O)cn(C)c2n1. The largest absolute Gasteiger partial charge is 0.480 e. The number of fused-ring (bicyclic) bond motifs is 1. The third-order valence-electron chi connectivity index (χ3n) is 2.99. The molecule has 7 nitrogen and oxygen atoms in total. The third-order valence-corrected chi connectivity index (χ3v) is 2.99. The summed E-state index contributed by atoms with van der Waals surface area (Å²) in [5.74, 6) is -1.02. The zero-order valence-corrected chi connectivity index (χ0v) is 11.0. The van der Waals surface area contributed by atoms with E-state index in [0.717, 1.165) is 16.6 Å². The van der Waals surface area contributed by atoms with Gasteiger partial charge in [0.1, 0.15) is 11.7 Å². The van der Waals surface area contributed by atoms with Crippen LogP contribution in [0.3, 0.4) is 0 Å². The molecule has 0 amide bonds. The van der Waals surface area contributed by atoms with E-state index in [2.05, 4.69) is 9.97 Å². The standard InChI is InChI=1S/C12H16N4O3/c1-6-9-7(4-8(13)11(17)18)5-16(2)10(9)15-12(14-6)19-3/h5,8H,4,13H2,1-3H3,(H,17,18). The minimum atomic E-state index is -1.02. The van der Waals surface area contributed by atoms with E-state index in [1.54, 1.807) is 0 Å². The van der Waals surface area contributed by atoms with Crippen molar-refractivity contribution in [3.63, 3.8) is 0 Å². The molecule has 0 aliphatic carbocycles. The summed E-state index contributed by atoms with van der Waals surface area (Å²) < 4.78 is 6.85. The van der Waals surface area contributed by atoms with Crippen LogP contribution in [0.1, 0.15) is 11.3 Å². The predicted octanol–water partition coefficient (Wildman–Crippen LogP) is 0.240. The maximum atomic E-state index is 10.8. The predicted molar refractivity (Wildman–Crippen MR) is 69.1 cm³/mol. The Morgan fingerprint density at radius 3 is 2.84 bits per heavy atom. The van der Waals surface area contributed by atoms with Crippen LogP contribution in [-0.4, -0.2) is 38.8 Å². The highest BCUT2D eigenvalue weighted by Crippen LogP contribution is 2.24. The number of nitrogens with two attached hydrogens (primary N) is 1. The Labute approximate surface area is 110 Å². The number of aromatic nitrogens is 3. The van der Waals surface area contributed by atoms with Crippen LogP contribution < -0.4 is 10.5 Å². The number of rotatable bonds is 4. The fourth-order valence-corrected chi connectivity index (χ4v) is 2.09. The highest BCUT2D eigenvalue weighted by Gasteiger charge is 2.19. The molecular formula is C12H16N4O3. The Hall–Kier alpha value is -2.15. The van der Waals surface area contributed by atoms with E-state index in [1.165, 1.54) is 7.11 Å². The van der Waals surface area contributed by atoms with Crippen molar-refractivity contribution in [2.24, 2.45) is 12.8 Å². The lowest BCUT2D eigenvalue weighted by Crippen LogP contribution is -2.32. The molecule has 1 unspecified atom stereocenters. The topological polar surface area (TPSA) is 103 Å². The molecule has 0 bridgehead atoms. The van der Waals surface area contributed by atoms with Gasteiger partial charge in [0.2, 0.25) is 0 Å². The quantitative estimate of drug-likeness (QED) is 0.820. The number of nitrogens with zero attached hydrogens (tertiary/aromatic N) is 3. The van der Waals surface area contributed by atoms with E-state index < -0.39 is 12.0 Å². The van der Waals surface area contributed by atoms with Gasteiger partial charge in [0.05, 0.1) is 12.8 Å². The van der Waals surface area contributed by atoms with E-state index in [4.69, 9.17) is 15.6 Å². The number of ether oxygens (including phenoxy) is 1. The molecule has 2 rings (SSSR count). The summed E-state index contributed by atoms with van der Waals surface area (Å²) >= 11 is 0. The molecule has 19 heavy (non-hydrogen) atoms. The fourth-order valence-electron chi connectivity index (χ4n) is 2.09. The molecule has 0 aromatic carbocycles. The van der Waals surface area contributed by atoms with Crippen LogP contribution in [-0.2, 0) is 18.3 Å². The van der Waals surface area contributed by atoms with Gasteiger partial charge >= 0.3 is 12.0 Å². The molecule has 7 heteroatoms. The molecule has 0 saturated heterocycles. The summed E-state index contributed by atoms with van der Waals surface area (Å²) in [4.78, 5) is 19.3. The fraction of sp³-hybridized carbons (Fsp3) is 0.417. The second-order valence-corrected chi connectivity index (χ2v) is 4.41. The van der Waals surface area contributed by atoms with Crippen molar-refractivity contribution < 1.29 is 14.6 Å². The summed E-state index contributed by atoms with van der Waals surface area (Å²) in [5, 5.41) is 9.72. The van der Waals surface area contributed by atoms with Crippen molar-refractivity contribution in [3.05, 3.63) is 17.5 Å². The minimum absolute atomic E-state index is 0.239. The summed E-state index contributed by atoms with van der Waals surface area (Å²) in [6.07, 6.45) is 2.07. The van der Waals surface area contributed by atoms with Gasteiger partial charge < -0.3 is 20.1 Å². The van der Waals surface area contributed by atoms with Gasteiger partial charge in [0.15, 0.2) is 0 Å². The van der Waals surface area contributed by atoms with Crippen LogP contribution in [0.5, 0.6) is 6.01 Å². The van der Waals surface area contributed by atoms with Gasteiger partial charge in [-0.2, -0.15) is 9.97 Å². The van der Waals surface area contributed by atoms with Crippen LogP contribution in [0.2, 0.25) is 0 Å². The Morgan fingerprint density at radius 1 is 1.58 bits per heavy atom. The second kappa shape index (κ2) is 4.85. The normalized spacial score (nSPS) is 12.6. The van der Waals surface area contributed by atoms with Crippen LogP contribution in [0.25, 0.3) is 11.0 Å². The Balaban J connectivity index is 2.55. The minimum Gasteiger partial charge on any atom is -0.480 e. The van der Waals surface area contributed by atoms with E-state index in [9.17, 15) is 4.79 Å². The lowest BCUT2D eigenvalue weighted by Gasteiger charge is -2.06. The smallest absolute Gasteiger partial charge is 0.320 e. The highest BCUT2D eigenvalue weighted by atomic mass is 16.5. The number of hydrogen-bond donors (Lipinski definition) is 2. The Bertz CT molecular complexity index is 635. The maximum absolute atomic E-state index is 10.8. The molecule has 0 saturated carbocycles. The van der Waals surface area contributed by atoms with Crippen LogP contribution in [0, 0.1) is 6.92 Å². The number of methoxy groups -OCH3 is 1. The number of hydrogen-bond acceptors (Lipinski definition) is 5. The van der Waals surface area contributed by atoms with Gasteiger partial charge in [-0.05, 0) is 12.5 Å². The maximum Gasteiger partial charge on any atom is 0.320 e. The summed E-state index contributed by atoms with van der Waals surface area (Å²) in [7, 11) is 3.34. The molecule has 0 radical (unpaired) electrons. The first-order valence-electron chi connectivity index (χ1n) is 5.79. The number of carboxylic acids is 1. The van der Waals surface area contributed by atoms with Gasteiger partial charge in [-0.1, -0.05) is 0 Å². The third kappa shape index (κ3) is 2.37. The molecule has 102 valence electrons. The highest BCUT2D eigenvalue weighted by molar-refractivity contribution is 5.84. The first-order valence-corrected chi connectivity index (χ1v) is 5.79. The molecule has 0 spiro atoms. The zero-order valence-electron chi connectivity index (χ0n) is 11.0. The van der Waals surface area contributed by atoms with E-state index in [0.29, 0.717) is 11.7 Å². The number of carboxylic acid groups (broad SMARTS) is 1. The molecule has 0 fully saturated rings. The lowest BCUT2D eigenvalue weighted by molar-refractivity contribution is -0.138. The molecule has 1 atom stereocenters. The van der Waals surface area contributed by atoms with Gasteiger partial charge in [-0.3, -0.25) is 4.79 Å². The number of aryl methyl sites for hydroxylation is 2. The number of aliphatic carboxylic acids is 1. The summed E-state index contributed by atoms with van der Waals surface area (Å²) in [6, 6.07) is -0.646. The Morgan fingerprint density at radius 2 is 2.26 bits per heavy atom. The molecule has 0 aliphatic rings. The number of carbonyl (C=O) groups is 1. The molecular weight excluding hydrogens is 248 g/mol. The molecule has 2 aromatic rings. The van der Waals surface area contributed by atoms with Gasteiger partial charge in [0, 0.05) is 25.1 Å². The average Bonchev–Trinajstić information content (AvgIpc) is 2.66. The molecule has 2 aromatic heterocycles. The molecule has 3 N–H and O–H groups in total. The van der Waals surface area contributed by atoms with E-state index >= 15 is 0 Å². The van der Waals surface area contributed by atoms with Crippen LogP contribution in [0.4, 0.5) is 0 Å². The van der Waals surface area contributed by atoms with Crippen LogP contribution in [0.15, 0.2) is 6.20 Å². The van der Waals surface area contributed by atoms with Crippen molar-refractivity contribution in [2.45, 2.75) is 19.4 Å². The first kappa shape index (κ1) is 13.3. The van der Waals surface area contributed by atoms with Crippen molar-refractivity contribution in [1.29, 1.82) is 0 Å². The zero-order chi connectivity index (χ0) is 14.2. The van der Waals surface area contributed by atoms with Crippen LogP contribution >= 0.6 is 0 Å². The van der Waals surface area contributed by atoms with E-state index in [-0.39, 0.29) is 6.42 Å². The van der Waals surface area contributed by atoms with E-state index in [1.807, 2.05) is 24.7 Å². The summed E-state index contributed by atoms with van der Waals surface area (Å²) in [5.41, 5.74) is 7.86. The monoisotopic (exact) mass is 264 g/mol. The van der Waals surface area contributed by atoms with Gasteiger partial charge in [-0.15, -0.1) is 0 Å². The summed E-state index contributed by atoms with van der Waals surface area (Å²) in [6.45, 7) is 1.84. The van der Waals surface area contributed by atoms with Gasteiger partial charge in [0.25, 0.3) is 0 Å². The second-order valence-electron chi connectivity index (χ2n) is 4.41. The molecule has 2 heterocycles. The first-order chi connectivity index (χ1) is 8.93. The molecule has 0 aliphatic heterocycles.